The number of aliphatic hydroxyl groups excluding tert-OH is 1. The highest BCUT2D eigenvalue weighted by Crippen LogP contribution is 2.35. The highest BCUT2D eigenvalue weighted by molar-refractivity contribution is 6.08. The Morgan fingerprint density at radius 2 is 1.91 bits per heavy atom. The van der Waals surface area contributed by atoms with E-state index in [9.17, 15) is 28.3 Å². The monoisotopic (exact) mass is 799 g/mol. The fraction of sp³-hybridized carbons (Fsp3) is 0.500. The third kappa shape index (κ3) is 8.06. The van der Waals surface area contributed by atoms with Gasteiger partial charge in [-0.3, -0.25) is 23.4 Å². The van der Waals surface area contributed by atoms with Gasteiger partial charge in [-0.25, -0.2) is 23.1 Å². The van der Waals surface area contributed by atoms with E-state index in [2.05, 4.69) is 47.9 Å². The van der Waals surface area contributed by atoms with Gasteiger partial charge in [-0.1, -0.05) is 17.9 Å². The zero-order chi connectivity index (χ0) is 40.3. The number of carbonyl (C=O) groups excluding carboxylic acids is 2. The van der Waals surface area contributed by atoms with E-state index in [1.54, 1.807) is 17.9 Å². The van der Waals surface area contributed by atoms with E-state index in [4.69, 9.17) is 4.74 Å². The van der Waals surface area contributed by atoms with Crippen LogP contribution >= 0.6 is 0 Å². The van der Waals surface area contributed by atoms with Gasteiger partial charge >= 0.3 is 5.69 Å². The maximum absolute atomic E-state index is 14.2. The zero-order valence-corrected chi connectivity index (χ0v) is 32.2. The van der Waals surface area contributed by atoms with E-state index in [-0.39, 0.29) is 28.9 Å². The molecule has 8 rings (SSSR count). The molecule has 0 radical (unpaired) electrons. The van der Waals surface area contributed by atoms with Gasteiger partial charge in [0.1, 0.15) is 23.7 Å². The number of unbranched alkanes of at least 4 members (excludes halogenated alkanes) is 1. The Balaban J connectivity index is 0.816. The van der Waals surface area contributed by atoms with Crippen molar-refractivity contribution in [2.24, 2.45) is 13.0 Å². The van der Waals surface area contributed by atoms with Gasteiger partial charge < -0.3 is 30.7 Å². The number of halogens is 2. The molecular weight excluding hydrogens is 753 g/mol. The topological polar surface area (TPSA) is 178 Å². The lowest BCUT2D eigenvalue weighted by Gasteiger charge is -2.28. The van der Waals surface area contributed by atoms with Crippen LogP contribution in [0.25, 0.3) is 16.7 Å². The predicted octanol–water partition coefficient (Wildman–Crippen LogP) is 3.53. The van der Waals surface area contributed by atoms with Gasteiger partial charge in [0.15, 0.2) is 11.3 Å². The zero-order valence-electron chi connectivity index (χ0n) is 32.2. The predicted molar refractivity (Wildman–Crippen MR) is 211 cm³/mol. The van der Waals surface area contributed by atoms with Crippen molar-refractivity contribution in [1.29, 1.82) is 0 Å². The molecular formula is C40H47F2N11O5. The van der Waals surface area contributed by atoms with E-state index in [1.807, 2.05) is 24.3 Å². The molecule has 18 heteroatoms. The van der Waals surface area contributed by atoms with Gasteiger partial charge in [0.05, 0.1) is 47.7 Å². The summed E-state index contributed by atoms with van der Waals surface area (Å²) in [5.41, 5.74) is 1.75. The lowest BCUT2D eigenvalue weighted by Crippen LogP contribution is -2.46. The molecule has 4 N–H and O–H groups in total. The molecule has 0 bridgehead atoms. The highest BCUT2D eigenvalue weighted by atomic mass is 19.3. The van der Waals surface area contributed by atoms with Crippen molar-refractivity contribution in [2.45, 2.75) is 76.1 Å². The van der Waals surface area contributed by atoms with Crippen molar-refractivity contribution in [3.63, 3.8) is 0 Å². The molecule has 2 amide bonds. The molecule has 2 atom stereocenters. The quantitative estimate of drug-likeness (QED) is 0.114. The van der Waals surface area contributed by atoms with E-state index >= 15 is 0 Å². The number of aliphatic hydroxyl groups is 1. The first-order chi connectivity index (χ1) is 28.2. The van der Waals surface area contributed by atoms with Crippen LogP contribution in [0.5, 0.6) is 0 Å². The molecule has 4 aromatic heterocycles. The number of ether oxygens (including phenoxy) is 1. The number of benzene rings is 1. The van der Waals surface area contributed by atoms with Crippen molar-refractivity contribution >= 4 is 40.0 Å². The van der Waals surface area contributed by atoms with Gasteiger partial charge in [-0.15, -0.1) is 0 Å². The van der Waals surface area contributed by atoms with Crippen LogP contribution in [0.1, 0.15) is 91.5 Å². The van der Waals surface area contributed by atoms with Gasteiger partial charge in [0.25, 0.3) is 12.3 Å². The summed E-state index contributed by atoms with van der Waals surface area (Å²) in [5.74, 6) is 6.62. The van der Waals surface area contributed by atoms with Crippen molar-refractivity contribution in [3.05, 3.63) is 70.2 Å². The number of imidazole rings is 1. The molecule has 1 aromatic carbocycles. The summed E-state index contributed by atoms with van der Waals surface area (Å²) in [5, 5.41) is 27.0. The standard InChI is InChI=1S/C40H47F2N11O5/c1-49-35-26(7-5-8-30(35)53(40(49)57)31-13-14-33(54)47-39(31)56)6-3-2-4-16-43-22-25-9-11-27(12-10-25)52-24-29(34(48-52)36(41)42)45-38(55)28-23-44-51-17-15-32(46-37(28)51)50-18-20-58-21-19-50/h5,7-8,15,17,23-25,27,31,33,36,43,54H,2,4,9-14,16,18-22H2,1H3,(H,45,55)(H,47,56). The summed E-state index contributed by atoms with van der Waals surface area (Å²) in [6.07, 6.45) is 6.46. The fourth-order valence-electron chi connectivity index (χ4n) is 8.27. The number of amides is 2. The van der Waals surface area contributed by atoms with Crippen molar-refractivity contribution in [3.8, 4) is 11.8 Å². The molecule has 3 fully saturated rings. The van der Waals surface area contributed by atoms with Crippen LogP contribution in [0.4, 0.5) is 20.3 Å². The van der Waals surface area contributed by atoms with Gasteiger partial charge in [-0.05, 0) is 82.2 Å². The number of aryl methyl sites for hydroxylation is 1. The van der Waals surface area contributed by atoms with Crippen molar-refractivity contribution in [2.75, 3.05) is 49.6 Å². The summed E-state index contributed by atoms with van der Waals surface area (Å²) in [6.45, 7) is 4.13. The van der Waals surface area contributed by atoms with Crippen LogP contribution in [0, 0.1) is 17.8 Å². The molecule has 2 unspecified atom stereocenters. The molecule has 6 heterocycles. The first-order valence-corrected chi connectivity index (χ1v) is 19.9. The Morgan fingerprint density at radius 3 is 2.69 bits per heavy atom. The minimum absolute atomic E-state index is 0.0234. The van der Waals surface area contributed by atoms with Crippen LogP contribution < -0.4 is 26.5 Å². The average molecular weight is 800 g/mol. The first kappa shape index (κ1) is 39.2. The van der Waals surface area contributed by atoms with Crippen LogP contribution in [0.3, 0.4) is 0 Å². The van der Waals surface area contributed by atoms with Crippen LogP contribution in [0.15, 0.2) is 47.7 Å². The number of rotatable bonds is 11. The Bertz CT molecular complexity index is 2410. The molecule has 16 nitrogen and oxygen atoms in total. The Kier molecular flexibility index (Phi) is 11.5. The van der Waals surface area contributed by atoms with E-state index in [0.29, 0.717) is 79.5 Å². The van der Waals surface area contributed by atoms with Crippen molar-refractivity contribution < 1.29 is 28.2 Å². The van der Waals surface area contributed by atoms with E-state index < -0.39 is 30.3 Å². The lowest BCUT2D eigenvalue weighted by atomic mass is 9.86. The normalized spacial score (nSPS) is 21.3. The maximum Gasteiger partial charge on any atom is 0.329 e. The minimum atomic E-state index is -2.87. The number of hydrogen-bond acceptors (Lipinski definition) is 10. The molecule has 58 heavy (non-hydrogen) atoms. The Morgan fingerprint density at radius 1 is 1.10 bits per heavy atom. The van der Waals surface area contributed by atoms with Gasteiger partial charge in [0.2, 0.25) is 5.91 Å². The van der Waals surface area contributed by atoms with Crippen molar-refractivity contribution in [1.82, 2.24) is 44.1 Å². The van der Waals surface area contributed by atoms with Crippen LogP contribution in [-0.2, 0) is 16.6 Å². The number of aromatic nitrogens is 7. The summed E-state index contributed by atoms with van der Waals surface area (Å²) in [7, 11) is 1.68. The number of nitrogens with one attached hydrogen (secondary N) is 3. The van der Waals surface area contributed by atoms with Gasteiger partial charge in [0, 0.05) is 39.0 Å². The number of carbonyl (C=O) groups is 2. The molecule has 0 spiro atoms. The molecule has 1 aliphatic carbocycles. The first-order valence-electron chi connectivity index (χ1n) is 19.9. The third-order valence-electron chi connectivity index (χ3n) is 11.4. The number of anilines is 2. The lowest BCUT2D eigenvalue weighted by molar-refractivity contribution is -0.130. The number of para-hydroxylation sites is 1. The highest BCUT2D eigenvalue weighted by Gasteiger charge is 2.32. The number of hydrogen-bond donors (Lipinski definition) is 4. The molecule has 306 valence electrons. The molecule has 2 aliphatic heterocycles. The number of piperidine rings is 1. The number of fused-ring (bicyclic) bond motifs is 2. The molecule has 5 aromatic rings. The van der Waals surface area contributed by atoms with E-state index in [0.717, 1.165) is 45.2 Å². The second kappa shape index (κ2) is 17.1. The van der Waals surface area contributed by atoms with Gasteiger partial charge in [-0.2, -0.15) is 10.2 Å². The Labute approximate surface area is 332 Å². The SMILES string of the molecule is Cn1c(=O)n(C2CCC(O)NC2=O)c2cccc(C#CCCCNCC3CCC(n4cc(NC(=O)c5cnn6ccc(N7CCOCC7)nc56)c(C(F)F)n4)CC3)c21. The second-order valence-electron chi connectivity index (χ2n) is 15.2. The molecule has 3 aliphatic rings. The third-order valence-corrected chi connectivity index (χ3v) is 11.4. The summed E-state index contributed by atoms with van der Waals surface area (Å²) >= 11 is 0. The Hall–Kier alpha value is -5.64. The van der Waals surface area contributed by atoms with Crippen LogP contribution in [-0.4, -0.2) is 96.1 Å². The summed E-state index contributed by atoms with van der Waals surface area (Å²) in [4.78, 5) is 45.9. The summed E-state index contributed by atoms with van der Waals surface area (Å²) in [6, 6.07) is 6.59. The number of morpholine rings is 1. The smallest absolute Gasteiger partial charge is 0.329 e. The molecule has 2 saturated heterocycles. The number of nitrogens with zero attached hydrogens (tertiary/aromatic N) is 8. The largest absolute Gasteiger partial charge is 0.378 e. The minimum Gasteiger partial charge on any atom is -0.378 e. The van der Waals surface area contributed by atoms with Crippen LogP contribution in [0.2, 0.25) is 0 Å². The summed E-state index contributed by atoms with van der Waals surface area (Å²) < 4.78 is 39.9. The average Bonchev–Trinajstić information content (AvgIpc) is 3.92. The second-order valence-corrected chi connectivity index (χ2v) is 15.2. The molecule has 1 saturated carbocycles. The maximum atomic E-state index is 14.2. The number of alkyl halides is 2. The van der Waals surface area contributed by atoms with E-state index in [1.165, 1.54) is 26.0 Å². The fourth-order valence-corrected chi connectivity index (χ4v) is 8.27.